The largest absolute Gasteiger partial charge is 0.334 e. The van der Waals surface area contributed by atoms with Gasteiger partial charge in [0.15, 0.2) is 0 Å². The van der Waals surface area contributed by atoms with Crippen molar-refractivity contribution >= 4 is 7.60 Å². The molecule has 0 fully saturated rings. The highest BCUT2D eigenvalue weighted by Crippen LogP contribution is 2.65. The van der Waals surface area contributed by atoms with Crippen LogP contribution in [-0.4, -0.2) is 16.7 Å². The van der Waals surface area contributed by atoms with Crippen LogP contribution in [0.1, 0.15) is 170 Å². The molecule has 3 nitrogen and oxygen atoms in total. The van der Waals surface area contributed by atoms with Gasteiger partial charge < -0.3 is 9.42 Å². The Labute approximate surface area is 215 Å². The van der Waals surface area contributed by atoms with E-state index in [1.54, 1.807) is 0 Å². The third kappa shape index (κ3) is 12.9. The quantitative estimate of drug-likeness (QED) is 0.0997. The van der Waals surface area contributed by atoms with Crippen LogP contribution in [0.25, 0.3) is 0 Å². The van der Waals surface area contributed by atoms with E-state index < -0.39 is 12.8 Å². The van der Waals surface area contributed by atoms with Crippen molar-refractivity contribution in [2.75, 3.05) is 6.61 Å². The van der Waals surface area contributed by atoms with Crippen molar-refractivity contribution in [3.05, 3.63) is 0 Å². The molecule has 0 aromatic rings. The smallest absolute Gasteiger partial charge is 0.324 e. The summed E-state index contributed by atoms with van der Waals surface area (Å²) in [6.07, 6.45) is 25.7. The molecule has 3 atom stereocenters. The average molecular weight is 503 g/mol. The molecule has 0 aromatic heterocycles. The zero-order chi connectivity index (χ0) is 25.7. The van der Waals surface area contributed by atoms with E-state index in [1.165, 1.54) is 103 Å². The molecule has 0 rings (SSSR count). The van der Waals surface area contributed by atoms with Crippen molar-refractivity contribution in [2.24, 2.45) is 11.8 Å². The van der Waals surface area contributed by atoms with E-state index in [4.69, 9.17) is 4.52 Å². The molecule has 0 aliphatic heterocycles. The molecule has 0 aliphatic carbocycles. The first kappa shape index (κ1) is 34.1. The van der Waals surface area contributed by atoms with Crippen molar-refractivity contribution in [2.45, 2.75) is 175 Å². The molecular formula is C30H63O3P. The van der Waals surface area contributed by atoms with Gasteiger partial charge in [0.1, 0.15) is 0 Å². The summed E-state index contributed by atoms with van der Waals surface area (Å²) in [7, 11) is -3.67. The summed E-state index contributed by atoms with van der Waals surface area (Å²) in [6, 6.07) is 0. The van der Waals surface area contributed by atoms with Crippen LogP contribution in [0, 0.1) is 11.8 Å². The van der Waals surface area contributed by atoms with E-state index in [0.717, 1.165) is 25.7 Å². The summed E-state index contributed by atoms with van der Waals surface area (Å²) < 4.78 is 18.9. The first-order valence-electron chi connectivity index (χ1n) is 15.3. The van der Waals surface area contributed by atoms with Gasteiger partial charge in [0, 0.05) is 0 Å². The number of unbranched alkanes of at least 4 members (excludes halogenated alkanes) is 16. The highest BCUT2D eigenvalue weighted by molar-refractivity contribution is 7.54. The minimum atomic E-state index is -3.67. The maximum absolute atomic E-state index is 13.4. The van der Waals surface area contributed by atoms with Crippen molar-refractivity contribution in [1.82, 2.24) is 0 Å². The Morgan fingerprint density at radius 1 is 0.618 bits per heavy atom. The molecule has 0 saturated heterocycles. The van der Waals surface area contributed by atoms with Crippen LogP contribution in [0.2, 0.25) is 0 Å². The Morgan fingerprint density at radius 2 is 0.941 bits per heavy atom. The number of rotatable bonds is 25. The molecule has 0 saturated carbocycles. The van der Waals surface area contributed by atoms with Gasteiger partial charge in [0.2, 0.25) is 0 Å². The summed E-state index contributed by atoms with van der Waals surface area (Å²) in [4.78, 5) is 11.0. The highest BCUT2D eigenvalue weighted by Gasteiger charge is 2.54. The van der Waals surface area contributed by atoms with Crippen molar-refractivity contribution in [3.8, 4) is 0 Å². The second-order valence-electron chi connectivity index (χ2n) is 11.0. The van der Waals surface area contributed by atoms with Crippen LogP contribution in [0.4, 0.5) is 0 Å². The summed E-state index contributed by atoms with van der Waals surface area (Å²) in [5.74, 6) is 0.372. The third-order valence-corrected chi connectivity index (χ3v) is 11.2. The van der Waals surface area contributed by atoms with Crippen LogP contribution in [-0.2, 0) is 9.09 Å². The fourth-order valence-electron chi connectivity index (χ4n) is 5.81. The molecule has 0 heterocycles. The fraction of sp³-hybridized carbons (Fsp3) is 1.00. The minimum Gasteiger partial charge on any atom is -0.324 e. The second kappa shape index (κ2) is 21.3. The zero-order valence-corrected chi connectivity index (χ0v) is 25.1. The van der Waals surface area contributed by atoms with Crippen LogP contribution >= 0.6 is 7.60 Å². The maximum atomic E-state index is 13.4. The van der Waals surface area contributed by atoms with Crippen LogP contribution in [0.5, 0.6) is 0 Å². The van der Waals surface area contributed by atoms with Crippen LogP contribution in [0.15, 0.2) is 0 Å². The first-order chi connectivity index (χ1) is 16.3. The Hall–Kier alpha value is 0.150. The van der Waals surface area contributed by atoms with E-state index in [-0.39, 0.29) is 11.8 Å². The normalized spacial score (nSPS) is 17.3. The molecule has 3 unspecified atom stereocenters. The minimum absolute atomic E-state index is 0.186. The third-order valence-electron chi connectivity index (χ3n) is 8.44. The molecule has 0 amide bonds. The first-order valence-corrected chi connectivity index (χ1v) is 16.9. The zero-order valence-electron chi connectivity index (χ0n) is 24.2. The predicted octanol–water partition coefficient (Wildman–Crippen LogP) is 11.1. The summed E-state index contributed by atoms with van der Waals surface area (Å²) >= 11 is 0. The fourth-order valence-corrected chi connectivity index (χ4v) is 8.32. The molecule has 4 heteroatoms. The Kier molecular flexibility index (Phi) is 21.3. The summed E-state index contributed by atoms with van der Waals surface area (Å²) in [6.45, 7) is 13.0. The van der Waals surface area contributed by atoms with Gasteiger partial charge in [0.25, 0.3) is 0 Å². The molecule has 0 radical (unpaired) electrons. The van der Waals surface area contributed by atoms with E-state index in [0.29, 0.717) is 6.61 Å². The lowest BCUT2D eigenvalue weighted by Gasteiger charge is -2.45. The van der Waals surface area contributed by atoms with Gasteiger partial charge in [-0.2, -0.15) is 0 Å². The monoisotopic (exact) mass is 502 g/mol. The SMILES string of the molecule is CCCCCCCCCCCCCCCCCCCC(C(C)CC)(C(C)CC)P(=O)(O)OCC. The number of hydrogen-bond donors (Lipinski definition) is 1. The second-order valence-corrected chi connectivity index (χ2v) is 13.1. The van der Waals surface area contributed by atoms with Crippen molar-refractivity contribution in [1.29, 1.82) is 0 Å². The van der Waals surface area contributed by atoms with Gasteiger partial charge in [-0.3, -0.25) is 4.57 Å². The van der Waals surface area contributed by atoms with E-state index in [2.05, 4.69) is 34.6 Å². The Bertz CT molecular complexity index is 483. The lowest BCUT2D eigenvalue weighted by molar-refractivity contribution is 0.168. The van der Waals surface area contributed by atoms with Gasteiger partial charge in [-0.15, -0.1) is 0 Å². The standard InChI is InChI=1S/C30H63O3P/c1-7-11-12-13-14-15-16-17-18-19-20-21-22-23-24-25-26-27-30(28(5)8-2,29(6)9-3)34(31,32)33-10-4/h28-29H,7-27H2,1-6H3,(H,31,32). The molecule has 34 heavy (non-hydrogen) atoms. The van der Waals surface area contributed by atoms with Crippen LogP contribution < -0.4 is 0 Å². The lowest BCUT2D eigenvalue weighted by Crippen LogP contribution is -2.43. The van der Waals surface area contributed by atoms with Crippen molar-refractivity contribution < 1.29 is 14.0 Å². The molecule has 0 aromatic carbocycles. The summed E-state index contributed by atoms with van der Waals surface area (Å²) in [5.41, 5.74) is 0. The van der Waals surface area contributed by atoms with Crippen molar-refractivity contribution in [3.63, 3.8) is 0 Å². The van der Waals surface area contributed by atoms with E-state index in [9.17, 15) is 9.46 Å². The molecule has 1 N–H and O–H groups in total. The molecule has 0 aliphatic rings. The van der Waals surface area contributed by atoms with Crippen LogP contribution in [0.3, 0.4) is 0 Å². The van der Waals surface area contributed by atoms with Gasteiger partial charge in [-0.25, -0.2) is 0 Å². The predicted molar refractivity (Wildman–Crippen MR) is 152 cm³/mol. The maximum Gasteiger partial charge on any atom is 0.334 e. The Morgan fingerprint density at radius 3 is 1.24 bits per heavy atom. The molecule has 0 spiro atoms. The Balaban J connectivity index is 4.07. The molecular weight excluding hydrogens is 439 g/mol. The van der Waals surface area contributed by atoms with Gasteiger partial charge >= 0.3 is 7.60 Å². The van der Waals surface area contributed by atoms with E-state index >= 15 is 0 Å². The molecule has 206 valence electrons. The van der Waals surface area contributed by atoms with E-state index in [1.807, 2.05) is 6.92 Å². The van der Waals surface area contributed by atoms with Gasteiger partial charge in [-0.1, -0.05) is 157 Å². The average Bonchev–Trinajstić information content (AvgIpc) is 2.82. The topological polar surface area (TPSA) is 46.5 Å². The molecule has 0 bridgehead atoms. The summed E-state index contributed by atoms with van der Waals surface area (Å²) in [5, 5.41) is -0.609. The lowest BCUT2D eigenvalue weighted by atomic mass is 9.76. The highest BCUT2D eigenvalue weighted by atomic mass is 31.2. The van der Waals surface area contributed by atoms with Gasteiger partial charge in [0.05, 0.1) is 11.8 Å². The van der Waals surface area contributed by atoms with Gasteiger partial charge in [-0.05, 0) is 25.2 Å². The number of hydrogen-bond acceptors (Lipinski definition) is 2.